The van der Waals surface area contributed by atoms with Crippen LogP contribution < -0.4 is 16.2 Å². The Balaban J connectivity index is 1.67. The van der Waals surface area contributed by atoms with E-state index >= 15 is 0 Å². The zero-order chi connectivity index (χ0) is 22.2. The predicted molar refractivity (Wildman–Crippen MR) is 111 cm³/mol. The lowest BCUT2D eigenvalue weighted by atomic mass is 10.1. The van der Waals surface area contributed by atoms with Crippen LogP contribution in [-0.2, 0) is 11.3 Å². The fraction of sp³-hybridized carbons (Fsp3) is 0.190. The molecule has 1 amide bonds. The average Bonchev–Trinajstić information content (AvgIpc) is 3.17. The number of hydrogen-bond donors (Lipinski definition) is 3. The molecule has 0 aliphatic carbocycles. The van der Waals surface area contributed by atoms with Gasteiger partial charge in [0.05, 0.1) is 22.8 Å². The second kappa shape index (κ2) is 7.78. The number of pyridine rings is 1. The predicted octanol–water partition coefficient (Wildman–Crippen LogP) is 3.61. The summed E-state index contributed by atoms with van der Waals surface area (Å²) in [5.74, 6) is -0.898. The number of H-pyrrole nitrogens is 1. The van der Waals surface area contributed by atoms with Gasteiger partial charge in [-0.1, -0.05) is 12.1 Å². The van der Waals surface area contributed by atoms with Gasteiger partial charge in [-0.15, -0.1) is 0 Å². The van der Waals surface area contributed by atoms with Crippen molar-refractivity contribution in [3.05, 3.63) is 64.7 Å². The number of anilines is 2. The number of carbonyl (C=O) groups excluding carboxylic acids is 1. The van der Waals surface area contributed by atoms with E-state index in [9.17, 15) is 22.8 Å². The summed E-state index contributed by atoms with van der Waals surface area (Å²) in [7, 11) is 0. The maximum Gasteiger partial charge on any atom is 0.405 e. The summed E-state index contributed by atoms with van der Waals surface area (Å²) in [5, 5.41) is 13.8. The molecule has 10 heteroatoms. The molecule has 31 heavy (non-hydrogen) atoms. The molecule has 3 N–H and O–H groups in total. The van der Waals surface area contributed by atoms with Gasteiger partial charge in [0.2, 0.25) is 5.91 Å². The number of carbonyl (C=O) groups is 1. The summed E-state index contributed by atoms with van der Waals surface area (Å²) in [6.45, 7) is -0.0303. The van der Waals surface area contributed by atoms with Gasteiger partial charge in [-0.25, -0.2) is 0 Å². The number of fused-ring (bicyclic) bond motifs is 2. The van der Waals surface area contributed by atoms with Gasteiger partial charge in [0.25, 0.3) is 5.56 Å². The maximum absolute atomic E-state index is 13.0. The number of nitrogens with one attached hydrogen (secondary N) is 3. The van der Waals surface area contributed by atoms with Gasteiger partial charge in [0.1, 0.15) is 13.1 Å². The van der Waals surface area contributed by atoms with E-state index < -0.39 is 30.7 Å². The lowest BCUT2D eigenvalue weighted by Gasteiger charge is -2.13. The molecule has 0 saturated heterocycles. The molecule has 2 aromatic heterocycles. The fourth-order valence-electron chi connectivity index (χ4n) is 3.43. The summed E-state index contributed by atoms with van der Waals surface area (Å²) in [4.78, 5) is 24.9. The Morgan fingerprint density at radius 1 is 1.19 bits per heavy atom. The second-order valence-corrected chi connectivity index (χ2v) is 7.16. The third kappa shape index (κ3) is 4.37. The van der Waals surface area contributed by atoms with Crippen molar-refractivity contribution >= 4 is 39.0 Å². The fourth-order valence-corrected chi connectivity index (χ4v) is 3.43. The van der Waals surface area contributed by atoms with Crippen LogP contribution in [0.25, 0.3) is 21.7 Å². The highest BCUT2D eigenvalue weighted by atomic mass is 19.4. The zero-order valence-corrected chi connectivity index (χ0v) is 16.4. The molecule has 0 atom stereocenters. The van der Waals surface area contributed by atoms with Gasteiger partial charge in [-0.2, -0.15) is 18.3 Å². The molecule has 0 radical (unpaired) electrons. The third-order valence-corrected chi connectivity index (χ3v) is 4.83. The van der Waals surface area contributed by atoms with Crippen molar-refractivity contribution < 1.29 is 18.0 Å². The first-order chi connectivity index (χ1) is 14.7. The maximum atomic E-state index is 13.0. The molecule has 0 saturated carbocycles. The second-order valence-electron chi connectivity index (χ2n) is 7.16. The van der Waals surface area contributed by atoms with Crippen LogP contribution in [0.5, 0.6) is 0 Å². The molecule has 4 rings (SSSR count). The van der Waals surface area contributed by atoms with Crippen molar-refractivity contribution in [2.75, 3.05) is 11.9 Å². The van der Waals surface area contributed by atoms with Crippen LogP contribution in [0.1, 0.15) is 5.56 Å². The molecule has 2 heterocycles. The number of halogens is 3. The number of amides is 1. The molecule has 160 valence electrons. The number of rotatable bonds is 5. The number of alkyl halides is 3. The van der Waals surface area contributed by atoms with Crippen LogP contribution in [0.4, 0.5) is 24.5 Å². The molecular weight excluding hydrogens is 411 g/mol. The molecule has 0 fully saturated rings. The molecule has 0 aliphatic rings. The van der Waals surface area contributed by atoms with Gasteiger partial charge in [-0.3, -0.25) is 14.7 Å². The van der Waals surface area contributed by atoms with Gasteiger partial charge in [0, 0.05) is 17.3 Å². The van der Waals surface area contributed by atoms with E-state index in [4.69, 9.17) is 0 Å². The standard InChI is InChI=1S/C21H18F3N5O2/c1-12-7-15(8-14-9-26-28-19(12)14)27-16-4-2-3-13-5-6-29(20(31)18(13)16)10-17(30)25-11-21(22,23)24/h2-9,27H,10-11H2,1H3,(H,25,30)(H,26,28). The van der Waals surface area contributed by atoms with Crippen LogP contribution in [-0.4, -0.2) is 33.4 Å². The van der Waals surface area contributed by atoms with Crippen molar-refractivity contribution in [2.24, 2.45) is 0 Å². The molecular formula is C21H18F3N5O2. The van der Waals surface area contributed by atoms with Crippen molar-refractivity contribution in [3.63, 3.8) is 0 Å². The SMILES string of the molecule is Cc1cc(Nc2cccc3ccn(CC(=O)NCC(F)(F)F)c(=O)c23)cc2cn[nH]c12. The third-order valence-electron chi connectivity index (χ3n) is 4.83. The molecule has 0 aliphatic heterocycles. The van der Waals surface area contributed by atoms with Crippen LogP contribution in [0.15, 0.2) is 53.6 Å². The highest BCUT2D eigenvalue weighted by molar-refractivity contribution is 5.96. The van der Waals surface area contributed by atoms with E-state index in [0.717, 1.165) is 26.7 Å². The van der Waals surface area contributed by atoms with Crippen LogP contribution >= 0.6 is 0 Å². The van der Waals surface area contributed by atoms with E-state index in [2.05, 4.69) is 15.5 Å². The van der Waals surface area contributed by atoms with Crippen LogP contribution in [0.3, 0.4) is 0 Å². The number of benzene rings is 2. The Labute approximate surface area is 173 Å². The monoisotopic (exact) mass is 429 g/mol. The Morgan fingerprint density at radius 3 is 2.77 bits per heavy atom. The van der Waals surface area contributed by atoms with Gasteiger partial charge < -0.3 is 15.2 Å². The Kier molecular flexibility index (Phi) is 5.14. The van der Waals surface area contributed by atoms with Gasteiger partial charge >= 0.3 is 6.18 Å². The smallest absolute Gasteiger partial charge is 0.355 e. The molecule has 0 spiro atoms. The Morgan fingerprint density at radius 2 is 2.00 bits per heavy atom. The van der Waals surface area contributed by atoms with Crippen LogP contribution in [0.2, 0.25) is 0 Å². The summed E-state index contributed by atoms with van der Waals surface area (Å²) >= 11 is 0. The van der Waals surface area contributed by atoms with Gasteiger partial charge in [0.15, 0.2) is 0 Å². The van der Waals surface area contributed by atoms with Crippen molar-refractivity contribution in [1.29, 1.82) is 0 Å². The van der Waals surface area contributed by atoms with E-state index in [1.165, 1.54) is 6.20 Å². The highest BCUT2D eigenvalue weighted by Crippen LogP contribution is 2.27. The normalized spacial score (nSPS) is 11.7. The topological polar surface area (TPSA) is 91.8 Å². The first-order valence-electron chi connectivity index (χ1n) is 9.38. The highest BCUT2D eigenvalue weighted by Gasteiger charge is 2.27. The summed E-state index contributed by atoms with van der Waals surface area (Å²) < 4.78 is 38.0. The minimum Gasteiger partial charge on any atom is -0.355 e. The molecule has 0 bridgehead atoms. The number of hydrogen-bond acceptors (Lipinski definition) is 4. The van der Waals surface area contributed by atoms with Crippen LogP contribution in [0, 0.1) is 6.92 Å². The first-order valence-corrected chi connectivity index (χ1v) is 9.38. The summed E-state index contributed by atoms with van der Waals surface area (Å²) in [6, 6.07) is 10.7. The van der Waals surface area contributed by atoms with Gasteiger partial charge in [-0.05, 0) is 42.1 Å². The van der Waals surface area contributed by atoms with Crippen molar-refractivity contribution in [1.82, 2.24) is 20.1 Å². The first kappa shape index (κ1) is 20.5. The minimum atomic E-state index is -4.52. The number of aromatic amines is 1. The summed E-state index contributed by atoms with van der Waals surface area (Å²) in [6.07, 6.45) is -1.43. The van der Waals surface area contributed by atoms with E-state index in [0.29, 0.717) is 16.5 Å². The Bertz CT molecular complexity index is 1340. The number of aromatic nitrogens is 3. The van der Waals surface area contributed by atoms with E-state index in [1.807, 2.05) is 19.1 Å². The van der Waals surface area contributed by atoms with Crippen molar-refractivity contribution in [2.45, 2.75) is 19.6 Å². The van der Waals surface area contributed by atoms with E-state index in [-0.39, 0.29) is 0 Å². The molecule has 0 unspecified atom stereocenters. The number of nitrogens with zero attached hydrogens (tertiary/aromatic N) is 2. The lowest BCUT2D eigenvalue weighted by Crippen LogP contribution is -2.37. The Hall–Kier alpha value is -3.82. The quantitative estimate of drug-likeness (QED) is 0.452. The average molecular weight is 429 g/mol. The molecule has 7 nitrogen and oxygen atoms in total. The lowest BCUT2D eigenvalue weighted by molar-refractivity contribution is -0.138. The number of aryl methyl sites for hydroxylation is 1. The molecule has 4 aromatic rings. The largest absolute Gasteiger partial charge is 0.405 e. The van der Waals surface area contributed by atoms with E-state index in [1.54, 1.807) is 35.8 Å². The summed E-state index contributed by atoms with van der Waals surface area (Å²) in [5.41, 5.74) is 2.67. The minimum absolute atomic E-state index is 0.332. The zero-order valence-electron chi connectivity index (χ0n) is 16.4. The van der Waals surface area contributed by atoms with Crippen molar-refractivity contribution in [3.8, 4) is 0 Å². The molecule has 2 aromatic carbocycles.